The second-order valence-corrected chi connectivity index (χ2v) is 12.0. The van der Waals surface area contributed by atoms with Crippen LogP contribution in [0.4, 0.5) is 0 Å². The molecule has 2 atom stereocenters. The van der Waals surface area contributed by atoms with Crippen molar-refractivity contribution >= 4 is 11.8 Å². The molecule has 2 aliphatic rings. The van der Waals surface area contributed by atoms with Crippen LogP contribution in [0.3, 0.4) is 0 Å². The Kier molecular flexibility index (Phi) is 12.4. The van der Waals surface area contributed by atoms with E-state index in [9.17, 15) is 19.8 Å². The van der Waals surface area contributed by atoms with Crippen molar-refractivity contribution in [2.24, 2.45) is 0 Å². The molecule has 2 fully saturated rings. The van der Waals surface area contributed by atoms with E-state index >= 15 is 0 Å². The van der Waals surface area contributed by atoms with Crippen LogP contribution in [0.1, 0.15) is 33.6 Å². The molecule has 0 radical (unpaired) electrons. The van der Waals surface area contributed by atoms with Gasteiger partial charge < -0.3 is 29.5 Å². The molecule has 10 nitrogen and oxygen atoms in total. The van der Waals surface area contributed by atoms with Gasteiger partial charge in [0.15, 0.2) is 0 Å². The van der Waals surface area contributed by atoms with Crippen molar-refractivity contribution in [1.29, 1.82) is 0 Å². The van der Waals surface area contributed by atoms with Crippen molar-refractivity contribution < 1.29 is 29.3 Å². The van der Waals surface area contributed by atoms with Gasteiger partial charge in [-0.1, -0.05) is 36.4 Å². The minimum Gasteiger partial charge on any atom is -0.491 e. The van der Waals surface area contributed by atoms with E-state index in [4.69, 9.17) is 9.47 Å². The molecule has 246 valence electrons. The van der Waals surface area contributed by atoms with Crippen LogP contribution in [-0.4, -0.2) is 132 Å². The Hall–Kier alpha value is -3.96. The number of nitrogens with zero attached hydrogens (tertiary/aromatic N) is 4. The van der Waals surface area contributed by atoms with Crippen LogP contribution >= 0.6 is 0 Å². The van der Waals surface area contributed by atoms with Crippen LogP contribution in [0.15, 0.2) is 84.9 Å². The number of carbonyl (C=O) groups excluding carboxylic acids is 2. The number of amides is 2. The van der Waals surface area contributed by atoms with Crippen molar-refractivity contribution in [1.82, 2.24) is 19.6 Å². The van der Waals surface area contributed by atoms with Crippen molar-refractivity contribution in [3.63, 3.8) is 0 Å². The van der Waals surface area contributed by atoms with Crippen LogP contribution < -0.4 is 9.47 Å². The maximum atomic E-state index is 12.6. The molecular weight excluding hydrogens is 584 g/mol. The Morgan fingerprint density at radius 1 is 0.543 bits per heavy atom. The van der Waals surface area contributed by atoms with E-state index < -0.39 is 12.2 Å². The summed E-state index contributed by atoms with van der Waals surface area (Å²) < 4.78 is 11.6. The van der Waals surface area contributed by atoms with Crippen LogP contribution in [0.2, 0.25) is 0 Å². The molecule has 2 unspecified atom stereocenters. The van der Waals surface area contributed by atoms with Gasteiger partial charge >= 0.3 is 0 Å². The number of benzene rings is 3. The van der Waals surface area contributed by atoms with Crippen molar-refractivity contribution in [3.05, 3.63) is 96.1 Å². The number of hydrogen-bond acceptors (Lipinski definition) is 8. The minimum atomic E-state index is -0.595. The number of carbonyl (C=O) groups is 2. The summed E-state index contributed by atoms with van der Waals surface area (Å²) in [6, 6.07) is 25.9. The van der Waals surface area contributed by atoms with E-state index in [2.05, 4.69) is 9.80 Å². The third-order valence-corrected chi connectivity index (χ3v) is 8.63. The number of aliphatic hydroxyl groups is 2. The fourth-order valence-electron chi connectivity index (χ4n) is 5.72. The molecule has 5 rings (SSSR count). The summed E-state index contributed by atoms with van der Waals surface area (Å²) >= 11 is 0. The first-order valence-corrected chi connectivity index (χ1v) is 16.3. The first-order valence-electron chi connectivity index (χ1n) is 16.3. The lowest BCUT2D eigenvalue weighted by Gasteiger charge is -2.35. The lowest BCUT2D eigenvalue weighted by Crippen LogP contribution is -2.49. The maximum Gasteiger partial charge on any atom is 0.253 e. The van der Waals surface area contributed by atoms with Crippen LogP contribution in [-0.2, 0) is 0 Å². The summed E-state index contributed by atoms with van der Waals surface area (Å²) in [6.07, 6.45) is -0.00906. The average Bonchev–Trinajstić information content (AvgIpc) is 3.12. The highest BCUT2D eigenvalue weighted by Crippen LogP contribution is 2.19. The normalized spacial score (nSPS) is 17.3. The van der Waals surface area contributed by atoms with Gasteiger partial charge in [-0.25, -0.2) is 0 Å². The lowest BCUT2D eigenvalue weighted by atomic mass is 10.1. The second-order valence-electron chi connectivity index (χ2n) is 12.0. The summed E-state index contributed by atoms with van der Waals surface area (Å²) in [6.45, 7) is 7.77. The molecule has 3 aromatic carbocycles. The molecule has 46 heavy (non-hydrogen) atoms. The minimum absolute atomic E-state index is 0.0707. The molecule has 0 bridgehead atoms. The standard InChI is InChI=1S/C36H46N4O6/c41-31(15-17-37-19-23-39(24-20-37)35(43)29-7-3-1-4-8-29)27-45-33-11-13-34(14-12-33)46-28-32(42)16-18-38-21-25-40(26-22-38)36(44)30-9-5-2-6-10-30/h1-14,31-32,41-42H,15-28H2. The highest BCUT2D eigenvalue weighted by Gasteiger charge is 2.23. The van der Waals surface area contributed by atoms with E-state index in [1.807, 2.05) is 70.5 Å². The monoisotopic (exact) mass is 630 g/mol. The smallest absolute Gasteiger partial charge is 0.253 e. The summed E-state index contributed by atoms with van der Waals surface area (Å²) in [5.74, 6) is 1.43. The molecule has 0 spiro atoms. The number of piperazine rings is 2. The highest BCUT2D eigenvalue weighted by molar-refractivity contribution is 5.94. The first-order chi connectivity index (χ1) is 22.4. The van der Waals surface area contributed by atoms with Gasteiger partial charge in [-0.3, -0.25) is 19.4 Å². The van der Waals surface area contributed by atoms with E-state index in [0.29, 0.717) is 50.5 Å². The number of rotatable bonds is 14. The number of hydrogen-bond donors (Lipinski definition) is 2. The Bertz CT molecular complexity index is 1240. The Labute approximate surface area is 271 Å². The van der Waals surface area contributed by atoms with Gasteiger partial charge in [-0.05, 0) is 61.4 Å². The van der Waals surface area contributed by atoms with Gasteiger partial charge in [-0.2, -0.15) is 0 Å². The third-order valence-electron chi connectivity index (χ3n) is 8.63. The van der Waals surface area contributed by atoms with Crippen LogP contribution in [0, 0.1) is 0 Å². The van der Waals surface area contributed by atoms with Gasteiger partial charge in [0, 0.05) is 76.6 Å². The molecule has 0 saturated carbocycles. The molecular formula is C36H46N4O6. The second kappa shape index (κ2) is 17.1. The largest absolute Gasteiger partial charge is 0.491 e. The van der Waals surface area contributed by atoms with Crippen LogP contribution in [0.5, 0.6) is 11.5 Å². The van der Waals surface area contributed by atoms with E-state index in [0.717, 1.165) is 50.4 Å². The zero-order valence-corrected chi connectivity index (χ0v) is 26.5. The zero-order chi connectivity index (χ0) is 32.1. The summed E-state index contributed by atoms with van der Waals surface area (Å²) in [5, 5.41) is 20.9. The molecule has 2 saturated heterocycles. The molecule has 2 N–H and O–H groups in total. The van der Waals surface area contributed by atoms with Gasteiger partial charge in [-0.15, -0.1) is 0 Å². The first kappa shape index (κ1) is 33.4. The van der Waals surface area contributed by atoms with Crippen molar-refractivity contribution in [2.75, 3.05) is 78.7 Å². The molecule has 2 amide bonds. The predicted octanol–water partition coefficient (Wildman–Crippen LogP) is 2.86. The summed E-state index contributed by atoms with van der Waals surface area (Å²) in [4.78, 5) is 33.6. The quantitative estimate of drug-likeness (QED) is 0.280. The highest BCUT2D eigenvalue weighted by atomic mass is 16.5. The molecule has 0 aliphatic carbocycles. The fraction of sp³-hybridized carbons (Fsp3) is 0.444. The average molecular weight is 631 g/mol. The fourth-order valence-corrected chi connectivity index (χ4v) is 5.72. The molecule has 0 aromatic heterocycles. The molecule has 3 aromatic rings. The number of ether oxygens (including phenoxy) is 2. The SMILES string of the molecule is O=C(c1ccccc1)N1CCN(CCC(O)COc2ccc(OCC(O)CCN3CCN(C(=O)c4ccccc4)CC3)cc2)CC1. The Morgan fingerprint density at radius 2 is 0.891 bits per heavy atom. The van der Waals surface area contributed by atoms with Crippen LogP contribution in [0.25, 0.3) is 0 Å². The molecule has 2 heterocycles. The molecule has 10 heteroatoms. The van der Waals surface area contributed by atoms with Gasteiger partial charge in [0.1, 0.15) is 24.7 Å². The van der Waals surface area contributed by atoms with Crippen molar-refractivity contribution in [3.8, 4) is 11.5 Å². The zero-order valence-electron chi connectivity index (χ0n) is 26.5. The number of aliphatic hydroxyl groups excluding tert-OH is 2. The maximum absolute atomic E-state index is 12.6. The third kappa shape index (κ3) is 10.0. The summed E-state index contributed by atoms with van der Waals surface area (Å²) in [5.41, 5.74) is 1.44. The van der Waals surface area contributed by atoms with E-state index in [-0.39, 0.29) is 25.0 Å². The van der Waals surface area contributed by atoms with Gasteiger partial charge in [0.25, 0.3) is 11.8 Å². The predicted molar refractivity (Wildman–Crippen MR) is 176 cm³/mol. The van der Waals surface area contributed by atoms with E-state index in [1.54, 1.807) is 24.3 Å². The molecule has 2 aliphatic heterocycles. The van der Waals surface area contributed by atoms with Gasteiger partial charge in [0.2, 0.25) is 0 Å². The van der Waals surface area contributed by atoms with E-state index in [1.165, 1.54) is 0 Å². The Balaban J connectivity index is 0.912. The van der Waals surface area contributed by atoms with Crippen molar-refractivity contribution in [2.45, 2.75) is 25.0 Å². The Morgan fingerprint density at radius 3 is 1.24 bits per heavy atom. The summed E-state index contributed by atoms with van der Waals surface area (Å²) in [7, 11) is 0. The topological polar surface area (TPSA) is 106 Å². The lowest BCUT2D eigenvalue weighted by molar-refractivity contribution is 0.0559. The van der Waals surface area contributed by atoms with Gasteiger partial charge in [0.05, 0.1) is 12.2 Å².